The van der Waals surface area contributed by atoms with E-state index >= 15 is 0 Å². The molecule has 0 aliphatic rings. The molecule has 35 heavy (non-hydrogen) atoms. The Kier molecular flexibility index (Phi) is 10.2. The van der Waals surface area contributed by atoms with Crippen molar-refractivity contribution in [3.05, 3.63) is 101 Å². The van der Waals surface area contributed by atoms with Crippen molar-refractivity contribution < 1.29 is 9.59 Å². The van der Waals surface area contributed by atoms with E-state index in [-0.39, 0.29) is 23.6 Å². The molecule has 0 heterocycles. The standard InChI is InChI=1S/C29H33ClN2O2S/c1-4-22(3)31-29(34)27(18-23-8-6-5-7-9-23)32(19-24-12-10-21(2)11-13-24)28(33)20-35-26-16-14-25(30)15-17-26/h5-17,22,27H,4,18-20H2,1-3H3,(H,31,34)/t22-,27+/m1/s1. The molecule has 0 saturated heterocycles. The van der Waals surface area contributed by atoms with E-state index in [1.54, 1.807) is 4.90 Å². The van der Waals surface area contributed by atoms with Crippen LogP contribution in [0.5, 0.6) is 0 Å². The smallest absolute Gasteiger partial charge is 0.243 e. The van der Waals surface area contributed by atoms with Crippen molar-refractivity contribution in [1.29, 1.82) is 0 Å². The van der Waals surface area contributed by atoms with Crippen molar-refractivity contribution in [3.8, 4) is 0 Å². The second-order valence-electron chi connectivity index (χ2n) is 8.77. The lowest BCUT2D eigenvalue weighted by atomic mass is 10.0. The minimum Gasteiger partial charge on any atom is -0.352 e. The van der Waals surface area contributed by atoms with Gasteiger partial charge in [0, 0.05) is 28.9 Å². The molecule has 2 amide bonds. The van der Waals surface area contributed by atoms with Crippen LogP contribution < -0.4 is 5.32 Å². The maximum absolute atomic E-state index is 13.6. The second-order valence-corrected chi connectivity index (χ2v) is 10.3. The number of rotatable bonds is 11. The topological polar surface area (TPSA) is 49.4 Å². The Morgan fingerprint density at radius 2 is 1.60 bits per heavy atom. The number of thioether (sulfide) groups is 1. The first-order chi connectivity index (χ1) is 16.9. The van der Waals surface area contributed by atoms with Gasteiger partial charge >= 0.3 is 0 Å². The Hall–Kier alpha value is -2.76. The average Bonchev–Trinajstić information content (AvgIpc) is 2.87. The lowest BCUT2D eigenvalue weighted by Crippen LogP contribution is -2.52. The summed E-state index contributed by atoms with van der Waals surface area (Å²) in [5, 5.41) is 3.76. The van der Waals surface area contributed by atoms with E-state index < -0.39 is 6.04 Å². The molecule has 3 aromatic carbocycles. The van der Waals surface area contributed by atoms with Crippen LogP contribution in [0, 0.1) is 6.92 Å². The summed E-state index contributed by atoms with van der Waals surface area (Å²) in [6, 6.07) is 24.8. The zero-order valence-corrected chi connectivity index (χ0v) is 22.1. The largest absolute Gasteiger partial charge is 0.352 e. The van der Waals surface area contributed by atoms with Crippen molar-refractivity contribution in [2.75, 3.05) is 5.75 Å². The van der Waals surface area contributed by atoms with E-state index in [1.807, 2.05) is 99.6 Å². The molecule has 0 aliphatic carbocycles. The highest BCUT2D eigenvalue weighted by atomic mass is 35.5. The maximum atomic E-state index is 13.6. The molecule has 0 saturated carbocycles. The van der Waals surface area contributed by atoms with Gasteiger partial charge in [0.05, 0.1) is 5.75 Å². The van der Waals surface area contributed by atoms with Crippen LogP contribution in [0.2, 0.25) is 5.02 Å². The van der Waals surface area contributed by atoms with Gasteiger partial charge in [-0.3, -0.25) is 9.59 Å². The lowest BCUT2D eigenvalue weighted by molar-refractivity contribution is -0.139. The van der Waals surface area contributed by atoms with Crippen LogP contribution in [0.15, 0.2) is 83.8 Å². The minimum atomic E-state index is -0.619. The fourth-order valence-corrected chi connectivity index (χ4v) is 4.55. The molecule has 6 heteroatoms. The highest BCUT2D eigenvalue weighted by Crippen LogP contribution is 2.23. The summed E-state index contributed by atoms with van der Waals surface area (Å²) in [5.41, 5.74) is 3.17. The Balaban J connectivity index is 1.89. The van der Waals surface area contributed by atoms with Gasteiger partial charge in [0.25, 0.3) is 0 Å². The SMILES string of the molecule is CC[C@@H](C)NC(=O)[C@H](Cc1ccccc1)N(Cc1ccc(C)cc1)C(=O)CSc1ccc(Cl)cc1. The van der Waals surface area contributed by atoms with Gasteiger partial charge in [-0.15, -0.1) is 11.8 Å². The molecule has 2 atom stereocenters. The quantitative estimate of drug-likeness (QED) is 0.309. The fourth-order valence-electron chi connectivity index (χ4n) is 3.64. The van der Waals surface area contributed by atoms with Crippen LogP contribution in [-0.4, -0.2) is 34.6 Å². The van der Waals surface area contributed by atoms with Crippen molar-refractivity contribution in [1.82, 2.24) is 10.2 Å². The van der Waals surface area contributed by atoms with E-state index in [1.165, 1.54) is 11.8 Å². The van der Waals surface area contributed by atoms with Crippen LogP contribution in [0.1, 0.15) is 37.0 Å². The summed E-state index contributed by atoms with van der Waals surface area (Å²) in [7, 11) is 0. The Labute approximate surface area is 218 Å². The van der Waals surface area contributed by atoms with Gasteiger partial charge in [0.15, 0.2) is 0 Å². The zero-order chi connectivity index (χ0) is 25.2. The first-order valence-electron chi connectivity index (χ1n) is 11.9. The van der Waals surface area contributed by atoms with Gasteiger partial charge < -0.3 is 10.2 Å². The highest BCUT2D eigenvalue weighted by Gasteiger charge is 2.31. The molecule has 0 aromatic heterocycles. The number of carbonyl (C=O) groups excluding carboxylic acids is 2. The average molecular weight is 509 g/mol. The number of nitrogens with zero attached hydrogens (tertiary/aromatic N) is 1. The molecular weight excluding hydrogens is 476 g/mol. The third kappa shape index (κ3) is 8.44. The first kappa shape index (κ1) is 26.8. The molecule has 4 nitrogen and oxygen atoms in total. The Bertz CT molecular complexity index is 1090. The number of amides is 2. The normalized spacial score (nSPS) is 12.6. The van der Waals surface area contributed by atoms with E-state index in [0.717, 1.165) is 28.0 Å². The highest BCUT2D eigenvalue weighted by molar-refractivity contribution is 8.00. The number of halogens is 1. The van der Waals surface area contributed by atoms with Crippen molar-refractivity contribution in [3.63, 3.8) is 0 Å². The molecule has 0 bridgehead atoms. The van der Waals surface area contributed by atoms with Crippen LogP contribution in [0.3, 0.4) is 0 Å². The summed E-state index contributed by atoms with van der Waals surface area (Å²) in [5.74, 6) is 0.0287. The van der Waals surface area contributed by atoms with Crippen molar-refractivity contribution in [2.45, 2.75) is 57.1 Å². The number of hydrogen-bond acceptors (Lipinski definition) is 3. The zero-order valence-electron chi connectivity index (χ0n) is 20.5. The third-order valence-electron chi connectivity index (χ3n) is 5.92. The number of carbonyl (C=O) groups is 2. The molecule has 3 aromatic rings. The predicted molar refractivity (Wildman–Crippen MR) is 146 cm³/mol. The summed E-state index contributed by atoms with van der Waals surface area (Å²) < 4.78 is 0. The molecule has 3 rings (SSSR count). The van der Waals surface area contributed by atoms with Gasteiger partial charge in [-0.05, 0) is 55.7 Å². The van der Waals surface area contributed by atoms with Crippen LogP contribution in [0.25, 0.3) is 0 Å². The Morgan fingerprint density at radius 1 is 0.943 bits per heavy atom. The number of nitrogens with one attached hydrogen (secondary N) is 1. The minimum absolute atomic E-state index is 0.0283. The number of aryl methyl sites for hydroxylation is 1. The van der Waals surface area contributed by atoms with Crippen molar-refractivity contribution in [2.24, 2.45) is 0 Å². The first-order valence-corrected chi connectivity index (χ1v) is 13.3. The van der Waals surface area contributed by atoms with Crippen LogP contribution >= 0.6 is 23.4 Å². The molecular formula is C29H33ClN2O2S. The van der Waals surface area contributed by atoms with Crippen LogP contribution in [0.4, 0.5) is 0 Å². The molecule has 184 valence electrons. The molecule has 0 aliphatic heterocycles. The molecule has 0 unspecified atom stereocenters. The fraction of sp³-hybridized carbons (Fsp3) is 0.310. The van der Waals surface area contributed by atoms with Gasteiger partial charge in [0.1, 0.15) is 6.04 Å². The maximum Gasteiger partial charge on any atom is 0.243 e. The molecule has 0 radical (unpaired) electrons. The van der Waals surface area contributed by atoms with E-state index in [4.69, 9.17) is 11.6 Å². The predicted octanol–water partition coefficient (Wildman–Crippen LogP) is 6.30. The lowest BCUT2D eigenvalue weighted by Gasteiger charge is -2.32. The van der Waals surface area contributed by atoms with E-state index in [9.17, 15) is 9.59 Å². The van der Waals surface area contributed by atoms with Gasteiger partial charge in [-0.25, -0.2) is 0 Å². The second kappa shape index (κ2) is 13.4. The molecule has 0 spiro atoms. The summed E-state index contributed by atoms with van der Waals surface area (Å²) >= 11 is 7.45. The summed E-state index contributed by atoms with van der Waals surface area (Å²) in [4.78, 5) is 29.8. The summed E-state index contributed by atoms with van der Waals surface area (Å²) in [6.45, 7) is 6.42. The molecule has 0 fully saturated rings. The monoisotopic (exact) mass is 508 g/mol. The van der Waals surface area contributed by atoms with Gasteiger partial charge in [0.2, 0.25) is 11.8 Å². The third-order valence-corrected chi connectivity index (χ3v) is 7.17. The Morgan fingerprint density at radius 3 is 2.23 bits per heavy atom. The van der Waals surface area contributed by atoms with E-state index in [0.29, 0.717) is 18.0 Å². The number of benzene rings is 3. The number of hydrogen-bond donors (Lipinski definition) is 1. The van der Waals surface area contributed by atoms with Gasteiger partial charge in [-0.1, -0.05) is 78.7 Å². The summed E-state index contributed by atoms with van der Waals surface area (Å²) in [6.07, 6.45) is 1.27. The van der Waals surface area contributed by atoms with Crippen molar-refractivity contribution >= 4 is 35.2 Å². The molecule has 1 N–H and O–H groups in total. The van der Waals surface area contributed by atoms with Crippen LogP contribution in [-0.2, 0) is 22.6 Å². The van der Waals surface area contributed by atoms with E-state index in [2.05, 4.69) is 5.32 Å². The van der Waals surface area contributed by atoms with Gasteiger partial charge in [-0.2, -0.15) is 0 Å².